The van der Waals surface area contributed by atoms with Crippen molar-refractivity contribution in [3.8, 4) is 0 Å². The first kappa shape index (κ1) is 14.1. The minimum Gasteiger partial charge on any atom is -0.468 e. The van der Waals surface area contributed by atoms with E-state index in [0.717, 1.165) is 11.7 Å². The van der Waals surface area contributed by atoms with Crippen LogP contribution in [0.1, 0.15) is 32.6 Å². The van der Waals surface area contributed by atoms with E-state index in [9.17, 15) is 4.79 Å². The van der Waals surface area contributed by atoms with Gasteiger partial charge < -0.3 is 4.74 Å². The molecule has 0 radical (unpaired) electrons. The van der Waals surface area contributed by atoms with Gasteiger partial charge in [-0.1, -0.05) is 6.92 Å². The molecule has 3 nitrogen and oxygen atoms in total. The third kappa shape index (κ3) is 2.84. The van der Waals surface area contributed by atoms with Crippen molar-refractivity contribution in [3.63, 3.8) is 0 Å². The number of carbonyl (C=O) groups excluding carboxylic acids is 1. The molecule has 0 amide bonds. The molecule has 1 aliphatic heterocycles. The molecule has 0 aromatic carbocycles. The molecule has 1 spiro atoms. The number of hydrogen-bond acceptors (Lipinski definition) is 4. The molecule has 2 aliphatic rings. The summed E-state index contributed by atoms with van der Waals surface area (Å²) in [5, 5.41) is 3.47. The summed E-state index contributed by atoms with van der Waals surface area (Å²) in [5.41, 5.74) is 0. The SMILES string of the molecule is COC(=O)[C@@H]1CSC2(CCC(C)CC2)N1.Cl. The van der Waals surface area contributed by atoms with Gasteiger partial charge >= 0.3 is 5.97 Å². The van der Waals surface area contributed by atoms with Gasteiger partial charge in [0.2, 0.25) is 0 Å². The largest absolute Gasteiger partial charge is 0.468 e. The molecule has 1 saturated carbocycles. The number of hydrogen-bond donors (Lipinski definition) is 1. The van der Waals surface area contributed by atoms with Crippen molar-refractivity contribution in [2.24, 2.45) is 5.92 Å². The topological polar surface area (TPSA) is 38.3 Å². The van der Waals surface area contributed by atoms with Crippen molar-refractivity contribution in [1.29, 1.82) is 0 Å². The van der Waals surface area contributed by atoms with Crippen LogP contribution in [0, 0.1) is 5.92 Å². The van der Waals surface area contributed by atoms with Crippen molar-refractivity contribution >= 4 is 30.1 Å². The summed E-state index contributed by atoms with van der Waals surface area (Å²) >= 11 is 1.91. The van der Waals surface area contributed by atoms with Crippen LogP contribution in [-0.2, 0) is 9.53 Å². The van der Waals surface area contributed by atoms with E-state index in [-0.39, 0.29) is 29.3 Å². The van der Waals surface area contributed by atoms with E-state index in [0.29, 0.717) is 0 Å². The molecule has 5 heteroatoms. The molecule has 2 rings (SSSR count). The molecule has 2 fully saturated rings. The Hall–Kier alpha value is 0.0700. The van der Waals surface area contributed by atoms with Gasteiger partial charge in [-0.25, -0.2) is 0 Å². The zero-order valence-corrected chi connectivity index (χ0v) is 11.5. The third-order valence-corrected chi connectivity index (χ3v) is 5.11. The molecule has 0 aromatic rings. The molecular formula is C11H20ClNO2S. The van der Waals surface area contributed by atoms with Gasteiger partial charge in [0.1, 0.15) is 6.04 Å². The van der Waals surface area contributed by atoms with E-state index in [4.69, 9.17) is 4.74 Å². The second-order valence-corrected chi connectivity index (χ2v) is 6.11. The number of methoxy groups -OCH3 is 1. The molecule has 0 aromatic heterocycles. The fourth-order valence-electron chi connectivity index (χ4n) is 2.43. The highest BCUT2D eigenvalue weighted by Crippen LogP contribution is 2.43. The second-order valence-electron chi connectivity index (χ2n) is 4.71. The summed E-state index contributed by atoms with van der Waals surface area (Å²) < 4.78 is 4.77. The first-order valence-corrected chi connectivity index (χ1v) is 6.63. The van der Waals surface area contributed by atoms with Crippen LogP contribution in [0.25, 0.3) is 0 Å². The lowest BCUT2D eigenvalue weighted by Gasteiger charge is -2.35. The molecule has 1 atom stereocenters. The molecular weight excluding hydrogens is 246 g/mol. The number of ether oxygens (including phenoxy) is 1. The first-order chi connectivity index (χ1) is 7.15. The van der Waals surface area contributed by atoms with E-state index >= 15 is 0 Å². The summed E-state index contributed by atoms with van der Waals surface area (Å²) in [6.07, 6.45) is 4.92. The Bertz CT molecular complexity index is 254. The van der Waals surface area contributed by atoms with Crippen LogP contribution < -0.4 is 5.32 Å². The number of nitrogens with one attached hydrogen (secondary N) is 1. The van der Waals surface area contributed by atoms with Gasteiger partial charge in [0.15, 0.2) is 0 Å². The molecule has 1 heterocycles. The normalized spacial score (nSPS) is 38.1. The lowest BCUT2D eigenvalue weighted by Crippen LogP contribution is -2.47. The Morgan fingerprint density at radius 3 is 2.62 bits per heavy atom. The van der Waals surface area contributed by atoms with Crippen LogP contribution in [0.5, 0.6) is 0 Å². The maximum Gasteiger partial charge on any atom is 0.323 e. The third-order valence-electron chi connectivity index (χ3n) is 3.53. The summed E-state index contributed by atoms with van der Waals surface area (Å²) in [7, 11) is 1.46. The minimum atomic E-state index is -0.113. The Balaban J connectivity index is 0.00000128. The number of thioether (sulfide) groups is 1. The molecule has 16 heavy (non-hydrogen) atoms. The summed E-state index contributed by atoms with van der Waals surface area (Å²) in [6.45, 7) is 2.31. The number of rotatable bonds is 1. The van der Waals surface area contributed by atoms with Gasteiger partial charge in [0.25, 0.3) is 0 Å². The molecule has 1 N–H and O–H groups in total. The minimum absolute atomic E-state index is 0. The maximum atomic E-state index is 11.4. The average molecular weight is 266 g/mol. The molecule has 1 aliphatic carbocycles. The summed E-state index contributed by atoms with van der Waals surface area (Å²) in [4.78, 5) is 11.6. The molecule has 1 saturated heterocycles. The molecule has 94 valence electrons. The van der Waals surface area contributed by atoms with Gasteiger partial charge in [-0.2, -0.15) is 0 Å². The lowest BCUT2D eigenvalue weighted by atomic mass is 9.86. The van der Waals surface area contributed by atoms with E-state index in [2.05, 4.69) is 12.2 Å². The monoisotopic (exact) mass is 265 g/mol. The van der Waals surface area contributed by atoms with Crippen LogP contribution in [0.15, 0.2) is 0 Å². The van der Waals surface area contributed by atoms with Crippen LogP contribution in [0.2, 0.25) is 0 Å². The summed E-state index contributed by atoms with van der Waals surface area (Å²) in [6, 6.07) is -0.0894. The number of halogens is 1. The zero-order chi connectivity index (χ0) is 10.9. The second kappa shape index (κ2) is 5.61. The lowest BCUT2D eigenvalue weighted by molar-refractivity contribution is -0.142. The van der Waals surface area contributed by atoms with E-state index in [1.807, 2.05) is 11.8 Å². The Kier molecular flexibility index (Phi) is 4.95. The Morgan fingerprint density at radius 1 is 1.44 bits per heavy atom. The van der Waals surface area contributed by atoms with Gasteiger partial charge in [-0.3, -0.25) is 10.1 Å². The zero-order valence-electron chi connectivity index (χ0n) is 9.82. The Labute approximate surface area is 107 Å². The van der Waals surface area contributed by atoms with Crippen molar-refractivity contribution in [3.05, 3.63) is 0 Å². The molecule has 0 unspecified atom stereocenters. The standard InChI is InChI=1S/C11H19NO2S.ClH/c1-8-3-5-11(6-4-8)12-9(7-15-11)10(13)14-2;/h8-9,12H,3-7H2,1-2H3;1H/t8?,9-,11?;/m0./s1. The van der Waals surface area contributed by atoms with Crippen LogP contribution in [0.4, 0.5) is 0 Å². The maximum absolute atomic E-state index is 11.4. The van der Waals surface area contributed by atoms with Crippen molar-refractivity contribution < 1.29 is 9.53 Å². The Morgan fingerprint density at radius 2 is 2.06 bits per heavy atom. The molecule has 0 bridgehead atoms. The fourth-order valence-corrected chi connectivity index (χ4v) is 3.89. The fraction of sp³-hybridized carbons (Fsp3) is 0.909. The number of esters is 1. The van der Waals surface area contributed by atoms with Gasteiger partial charge in [-0.15, -0.1) is 24.2 Å². The smallest absolute Gasteiger partial charge is 0.323 e. The highest BCUT2D eigenvalue weighted by atomic mass is 35.5. The highest BCUT2D eigenvalue weighted by Gasteiger charge is 2.43. The van der Waals surface area contributed by atoms with E-state index in [1.54, 1.807) is 0 Å². The quantitative estimate of drug-likeness (QED) is 0.738. The van der Waals surface area contributed by atoms with Crippen LogP contribution >= 0.6 is 24.2 Å². The highest BCUT2D eigenvalue weighted by molar-refractivity contribution is 8.00. The van der Waals surface area contributed by atoms with Crippen LogP contribution in [0.3, 0.4) is 0 Å². The van der Waals surface area contributed by atoms with E-state index < -0.39 is 0 Å². The van der Waals surface area contributed by atoms with Gasteiger partial charge in [0, 0.05) is 5.75 Å². The average Bonchev–Trinajstić information content (AvgIpc) is 2.66. The predicted molar refractivity (Wildman–Crippen MR) is 69.0 cm³/mol. The van der Waals surface area contributed by atoms with Gasteiger partial charge in [-0.05, 0) is 31.6 Å². The first-order valence-electron chi connectivity index (χ1n) is 5.65. The summed E-state index contributed by atoms with van der Waals surface area (Å²) in [5.74, 6) is 1.59. The number of carbonyl (C=O) groups is 1. The van der Waals surface area contributed by atoms with Crippen molar-refractivity contribution in [2.45, 2.75) is 43.5 Å². The van der Waals surface area contributed by atoms with E-state index in [1.165, 1.54) is 32.8 Å². The van der Waals surface area contributed by atoms with Crippen molar-refractivity contribution in [1.82, 2.24) is 5.32 Å². The van der Waals surface area contributed by atoms with Crippen LogP contribution in [-0.4, -0.2) is 29.7 Å². The van der Waals surface area contributed by atoms with Crippen molar-refractivity contribution in [2.75, 3.05) is 12.9 Å². The van der Waals surface area contributed by atoms with Gasteiger partial charge in [0.05, 0.1) is 12.0 Å². The predicted octanol–water partition coefficient (Wildman–Crippen LogP) is 2.19.